The van der Waals surface area contributed by atoms with Gasteiger partial charge in [-0.05, 0) is 29.8 Å². The summed E-state index contributed by atoms with van der Waals surface area (Å²) >= 11 is 17.8. The van der Waals surface area contributed by atoms with E-state index in [1.165, 1.54) is 17.0 Å². The third-order valence-electron chi connectivity index (χ3n) is 3.37. The number of rotatable bonds is 5. The van der Waals surface area contributed by atoms with Gasteiger partial charge in [-0.25, -0.2) is 0 Å². The number of nitrogens with zero attached hydrogens (tertiary/aromatic N) is 1. The van der Waals surface area contributed by atoms with Crippen LogP contribution in [0.4, 0.5) is 0 Å². The Morgan fingerprint density at radius 1 is 1.00 bits per heavy atom. The zero-order chi connectivity index (χ0) is 17.7. The summed E-state index contributed by atoms with van der Waals surface area (Å²) in [6.07, 6.45) is 0. The number of likely N-dealkylation sites (N-methyl/N-ethyl adjacent to an activating group) is 1. The average molecular weight is 386 g/mol. The molecule has 0 atom stereocenters. The van der Waals surface area contributed by atoms with E-state index in [0.717, 1.165) is 5.56 Å². The van der Waals surface area contributed by atoms with Gasteiger partial charge in [0.1, 0.15) is 0 Å². The molecule has 2 aromatic carbocycles. The van der Waals surface area contributed by atoms with Crippen LogP contribution in [0.15, 0.2) is 42.5 Å². The van der Waals surface area contributed by atoms with Gasteiger partial charge in [0, 0.05) is 24.2 Å². The number of hydrogen-bond acceptors (Lipinski definition) is 2. The Labute approximate surface area is 155 Å². The second-order valence-electron chi connectivity index (χ2n) is 5.15. The van der Waals surface area contributed by atoms with Crippen molar-refractivity contribution < 1.29 is 9.59 Å². The lowest BCUT2D eigenvalue weighted by molar-refractivity contribution is -0.129. The molecule has 0 bridgehead atoms. The fourth-order valence-electron chi connectivity index (χ4n) is 2.00. The van der Waals surface area contributed by atoms with Crippen molar-refractivity contribution in [2.45, 2.75) is 6.54 Å². The summed E-state index contributed by atoms with van der Waals surface area (Å²) in [5.74, 6) is -0.628. The highest BCUT2D eigenvalue weighted by molar-refractivity contribution is 6.42. The first-order valence-electron chi connectivity index (χ1n) is 7.09. The van der Waals surface area contributed by atoms with Crippen LogP contribution in [0.5, 0.6) is 0 Å². The molecule has 0 aromatic heterocycles. The lowest BCUT2D eigenvalue weighted by Crippen LogP contribution is -2.37. The lowest BCUT2D eigenvalue weighted by Gasteiger charge is -2.18. The first-order chi connectivity index (χ1) is 11.4. The number of hydrogen-bond donors (Lipinski definition) is 1. The molecule has 0 spiro atoms. The van der Waals surface area contributed by atoms with E-state index in [0.29, 0.717) is 22.2 Å². The van der Waals surface area contributed by atoms with Gasteiger partial charge >= 0.3 is 0 Å². The maximum absolute atomic E-state index is 12.1. The van der Waals surface area contributed by atoms with E-state index in [1.807, 2.05) is 18.2 Å². The fraction of sp³-hybridized carbons (Fsp3) is 0.176. The van der Waals surface area contributed by atoms with Crippen molar-refractivity contribution in [3.8, 4) is 0 Å². The molecule has 0 heterocycles. The maximum atomic E-state index is 12.1. The average Bonchev–Trinajstić information content (AvgIpc) is 2.56. The molecule has 7 heteroatoms. The van der Waals surface area contributed by atoms with Gasteiger partial charge in [0.05, 0.1) is 16.6 Å². The highest BCUT2D eigenvalue weighted by Crippen LogP contribution is 2.22. The summed E-state index contributed by atoms with van der Waals surface area (Å²) in [5, 5.41) is 3.80. The molecule has 0 radical (unpaired) electrons. The molecule has 1 N–H and O–H groups in total. The van der Waals surface area contributed by atoms with Crippen LogP contribution < -0.4 is 5.32 Å². The minimum absolute atomic E-state index is 0.125. The molecule has 0 aliphatic heterocycles. The highest BCUT2D eigenvalue weighted by Gasteiger charge is 2.14. The molecule has 0 unspecified atom stereocenters. The van der Waals surface area contributed by atoms with Gasteiger partial charge in [-0.3, -0.25) is 9.59 Å². The Bertz CT molecular complexity index is 765. The van der Waals surface area contributed by atoms with Crippen LogP contribution in [0.3, 0.4) is 0 Å². The van der Waals surface area contributed by atoms with E-state index in [2.05, 4.69) is 5.32 Å². The Morgan fingerprint density at radius 3 is 2.38 bits per heavy atom. The fourth-order valence-corrected chi connectivity index (χ4v) is 2.49. The topological polar surface area (TPSA) is 49.4 Å². The van der Waals surface area contributed by atoms with Crippen molar-refractivity contribution in [2.24, 2.45) is 0 Å². The molecule has 2 rings (SSSR count). The van der Waals surface area contributed by atoms with Crippen molar-refractivity contribution in [3.63, 3.8) is 0 Å². The van der Waals surface area contributed by atoms with Gasteiger partial charge in [0.25, 0.3) is 5.91 Å². The standard InChI is InChI=1S/C17H15Cl3N2O2/c1-22(10-12-4-2-3-5-13(12)18)16(23)9-21-17(24)11-6-7-14(19)15(20)8-11/h2-8H,9-10H2,1H3,(H,21,24). The van der Waals surface area contributed by atoms with E-state index < -0.39 is 5.91 Å². The Hall–Kier alpha value is -1.75. The Kier molecular flexibility index (Phi) is 6.49. The predicted octanol–water partition coefficient (Wildman–Crippen LogP) is 4.04. The van der Waals surface area contributed by atoms with Crippen LogP contribution in [0.1, 0.15) is 15.9 Å². The summed E-state index contributed by atoms with van der Waals surface area (Å²) in [7, 11) is 1.65. The van der Waals surface area contributed by atoms with Gasteiger partial charge in [0.15, 0.2) is 0 Å². The number of carbonyl (C=O) groups is 2. The molecule has 2 aromatic rings. The minimum atomic E-state index is -0.395. The number of halogens is 3. The van der Waals surface area contributed by atoms with Crippen LogP contribution >= 0.6 is 34.8 Å². The Morgan fingerprint density at radius 2 is 1.71 bits per heavy atom. The number of nitrogens with one attached hydrogen (secondary N) is 1. The number of amides is 2. The van der Waals surface area contributed by atoms with Gasteiger partial charge in [-0.2, -0.15) is 0 Å². The molecular weight excluding hydrogens is 371 g/mol. The van der Waals surface area contributed by atoms with Crippen LogP contribution in [0.2, 0.25) is 15.1 Å². The summed E-state index contributed by atoms with van der Waals surface area (Å²) in [5.41, 5.74) is 1.18. The first-order valence-corrected chi connectivity index (χ1v) is 8.22. The van der Waals surface area contributed by atoms with Gasteiger partial charge in [-0.15, -0.1) is 0 Å². The molecule has 0 saturated carbocycles. The normalized spacial score (nSPS) is 10.3. The largest absolute Gasteiger partial charge is 0.343 e. The molecule has 0 saturated heterocycles. The molecular formula is C17H15Cl3N2O2. The molecule has 0 aliphatic carbocycles. The van der Waals surface area contributed by atoms with Crippen LogP contribution in [0, 0.1) is 0 Å². The molecule has 4 nitrogen and oxygen atoms in total. The first kappa shape index (κ1) is 18.6. The monoisotopic (exact) mass is 384 g/mol. The summed E-state index contributed by atoms with van der Waals surface area (Å²) in [6, 6.07) is 11.8. The van der Waals surface area contributed by atoms with Gasteiger partial charge in [-0.1, -0.05) is 53.0 Å². The summed E-state index contributed by atoms with van der Waals surface area (Å²) in [6.45, 7) is 0.237. The molecule has 126 valence electrons. The zero-order valence-electron chi connectivity index (χ0n) is 12.9. The summed E-state index contributed by atoms with van der Waals surface area (Å²) in [4.78, 5) is 25.7. The van der Waals surface area contributed by atoms with E-state index in [1.54, 1.807) is 19.2 Å². The van der Waals surface area contributed by atoms with Crippen molar-refractivity contribution in [1.29, 1.82) is 0 Å². The van der Waals surface area contributed by atoms with Crippen LogP contribution in [0.25, 0.3) is 0 Å². The van der Waals surface area contributed by atoms with Crippen molar-refractivity contribution >= 4 is 46.6 Å². The zero-order valence-corrected chi connectivity index (χ0v) is 15.1. The third kappa shape index (κ3) is 4.87. The predicted molar refractivity (Wildman–Crippen MR) is 96.7 cm³/mol. The van der Waals surface area contributed by atoms with E-state index in [9.17, 15) is 9.59 Å². The van der Waals surface area contributed by atoms with Gasteiger partial charge < -0.3 is 10.2 Å². The maximum Gasteiger partial charge on any atom is 0.251 e. The second kappa shape index (κ2) is 8.38. The lowest BCUT2D eigenvalue weighted by atomic mass is 10.2. The van der Waals surface area contributed by atoms with Gasteiger partial charge in [0.2, 0.25) is 5.91 Å². The second-order valence-corrected chi connectivity index (χ2v) is 6.37. The third-order valence-corrected chi connectivity index (χ3v) is 4.48. The quantitative estimate of drug-likeness (QED) is 0.844. The summed E-state index contributed by atoms with van der Waals surface area (Å²) < 4.78 is 0. The SMILES string of the molecule is CN(Cc1ccccc1Cl)C(=O)CNC(=O)c1ccc(Cl)c(Cl)c1. The molecule has 24 heavy (non-hydrogen) atoms. The number of benzene rings is 2. The highest BCUT2D eigenvalue weighted by atomic mass is 35.5. The van der Waals surface area contributed by atoms with Crippen molar-refractivity contribution in [1.82, 2.24) is 10.2 Å². The number of carbonyl (C=O) groups excluding carboxylic acids is 2. The molecule has 0 aliphatic rings. The van der Waals surface area contributed by atoms with E-state index >= 15 is 0 Å². The van der Waals surface area contributed by atoms with Crippen molar-refractivity contribution in [3.05, 3.63) is 68.7 Å². The van der Waals surface area contributed by atoms with Crippen LogP contribution in [-0.2, 0) is 11.3 Å². The molecule has 2 amide bonds. The van der Waals surface area contributed by atoms with E-state index in [4.69, 9.17) is 34.8 Å². The molecule has 0 fully saturated rings. The smallest absolute Gasteiger partial charge is 0.251 e. The van der Waals surface area contributed by atoms with Crippen molar-refractivity contribution in [2.75, 3.05) is 13.6 Å². The van der Waals surface area contributed by atoms with E-state index in [-0.39, 0.29) is 17.5 Å². The Balaban J connectivity index is 1.91. The minimum Gasteiger partial charge on any atom is -0.343 e. The van der Waals surface area contributed by atoms with Crippen LogP contribution in [-0.4, -0.2) is 30.3 Å².